The Bertz CT molecular complexity index is 817. The molecule has 0 aliphatic rings. The number of nitro benzene ring substituents is 1. The number of nitro groups is 1. The second-order valence-corrected chi connectivity index (χ2v) is 5.44. The molecule has 2 aromatic rings. The third kappa shape index (κ3) is 4.07. The van der Waals surface area contributed by atoms with Gasteiger partial charge >= 0.3 is 0 Å². The summed E-state index contributed by atoms with van der Waals surface area (Å²) in [6, 6.07) is 5.39. The van der Waals surface area contributed by atoms with Crippen molar-refractivity contribution in [2.45, 2.75) is 20.4 Å². The van der Waals surface area contributed by atoms with Gasteiger partial charge in [-0.3, -0.25) is 35.2 Å². The summed E-state index contributed by atoms with van der Waals surface area (Å²) in [7, 11) is 0. The molecule has 2 N–H and O–H groups in total. The number of carbonyl (C=O) groups excluding carboxylic acids is 2. The zero-order valence-electron chi connectivity index (χ0n) is 12.9. The molecule has 2 amide bonds. The van der Waals surface area contributed by atoms with Gasteiger partial charge in [0.05, 0.1) is 10.6 Å². The number of nitrogens with one attached hydrogen (secondary N) is 2. The number of amides is 2. The van der Waals surface area contributed by atoms with Gasteiger partial charge in [0.15, 0.2) is 0 Å². The number of halogens is 1. The summed E-state index contributed by atoms with van der Waals surface area (Å²) < 4.78 is 1.47. The number of hydrazine groups is 1. The lowest BCUT2D eigenvalue weighted by atomic mass is 10.2. The van der Waals surface area contributed by atoms with Crippen molar-refractivity contribution in [1.29, 1.82) is 0 Å². The molecule has 0 aliphatic carbocycles. The fourth-order valence-electron chi connectivity index (χ4n) is 2.05. The Labute approximate surface area is 141 Å². The maximum atomic E-state index is 12.0. The molecular weight excluding hydrogens is 338 g/mol. The minimum atomic E-state index is -0.842. The first kappa shape index (κ1) is 17.4. The topological polar surface area (TPSA) is 119 Å². The Morgan fingerprint density at radius 2 is 2.00 bits per heavy atom. The minimum absolute atomic E-state index is 0.0996. The van der Waals surface area contributed by atoms with Crippen LogP contribution in [0.15, 0.2) is 24.3 Å². The Morgan fingerprint density at radius 1 is 1.29 bits per heavy atom. The number of rotatable bonds is 4. The van der Waals surface area contributed by atoms with Crippen LogP contribution < -0.4 is 10.9 Å². The zero-order chi connectivity index (χ0) is 17.9. The van der Waals surface area contributed by atoms with Gasteiger partial charge in [-0.15, -0.1) is 0 Å². The van der Waals surface area contributed by atoms with Crippen molar-refractivity contribution in [3.8, 4) is 0 Å². The number of hydrogen-bond donors (Lipinski definition) is 2. The van der Waals surface area contributed by atoms with Crippen molar-refractivity contribution in [3.63, 3.8) is 0 Å². The number of benzene rings is 1. The maximum absolute atomic E-state index is 12.0. The first-order valence-electron chi connectivity index (χ1n) is 6.82. The fraction of sp³-hybridized carbons (Fsp3) is 0.214. The second kappa shape index (κ2) is 7.09. The zero-order valence-corrected chi connectivity index (χ0v) is 13.6. The summed E-state index contributed by atoms with van der Waals surface area (Å²) in [5.74, 6) is -1.37. The molecule has 0 atom stereocenters. The van der Waals surface area contributed by atoms with Crippen LogP contribution in [0.5, 0.6) is 0 Å². The first-order chi connectivity index (χ1) is 11.3. The quantitative estimate of drug-likeness (QED) is 0.639. The Morgan fingerprint density at radius 3 is 2.58 bits per heavy atom. The average Bonchev–Trinajstić information content (AvgIpc) is 2.82. The van der Waals surface area contributed by atoms with Gasteiger partial charge in [0.1, 0.15) is 12.1 Å². The predicted molar refractivity (Wildman–Crippen MR) is 85.4 cm³/mol. The van der Waals surface area contributed by atoms with E-state index in [0.29, 0.717) is 0 Å². The van der Waals surface area contributed by atoms with Gasteiger partial charge in [0.25, 0.3) is 17.5 Å². The van der Waals surface area contributed by atoms with Crippen LogP contribution in [0.4, 0.5) is 5.69 Å². The molecule has 0 aliphatic heterocycles. The summed E-state index contributed by atoms with van der Waals surface area (Å²) >= 11 is 5.75. The SMILES string of the molecule is Cc1cc(C)n(CC(=O)NNC(=O)c2cc(Cl)ccc2[N+](=O)[O-])n1. The van der Waals surface area contributed by atoms with E-state index >= 15 is 0 Å². The molecule has 1 aromatic heterocycles. The third-order valence-electron chi connectivity index (χ3n) is 3.11. The summed E-state index contributed by atoms with van der Waals surface area (Å²) in [6.07, 6.45) is 0. The molecule has 126 valence electrons. The lowest BCUT2D eigenvalue weighted by Gasteiger charge is -2.09. The van der Waals surface area contributed by atoms with Gasteiger partial charge in [-0.2, -0.15) is 5.10 Å². The highest BCUT2D eigenvalue weighted by atomic mass is 35.5. The summed E-state index contributed by atoms with van der Waals surface area (Å²) in [6.45, 7) is 3.49. The van der Waals surface area contributed by atoms with E-state index in [-0.39, 0.29) is 17.1 Å². The van der Waals surface area contributed by atoms with Crippen molar-refractivity contribution < 1.29 is 14.5 Å². The highest BCUT2D eigenvalue weighted by molar-refractivity contribution is 6.31. The van der Waals surface area contributed by atoms with E-state index in [9.17, 15) is 19.7 Å². The molecule has 1 heterocycles. The minimum Gasteiger partial charge on any atom is -0.271 e. The van der Waals surface area contributed by atoms with Gasteiger partial charge in [-0.25, -0.2) is 0 Å². The third-order valence-corrected chi connectivity index (χ3v) is 3.35. The van der Waals surface area contributed by atoms with E-state index in [1.54, 1.807) is 19.9 Å². The van der Waals surface area contributed by atoms with E-state index in [2.05, 4.69) is 16.0 Å². The van der Waals surface area contributed by atoms with Crippen molar-refractivity contribution >= 4 is 29.1 Å². The van der Waals surface area contributed by atoms with Crippen molar-refractivity contribution in [2.24, 2.45) is 0 Å². The molecule has 0 saturated heterocycles. The number of carbonyl (C=O) groups is 2. The van der Waals surface area contributed by atoms with E-state index in [1.165, 1.54) is 10.7 Å². The van der Waals surface area contributed by atoms with Crippen LogP contribution in [0.1, 0.15) is 21.7 Å². The molecule has 0 fully saturated rings. The van der Waals surface area contributed by atoms with Gasteiger partial charge in [0, 0.05) is 16.8 Å². The Hall–Kier alpha value is -2.94. The molecule has 0 saturated carbocycles. The van der Waals surface area contributed by atoms with Crippen molar-refractivity contribution in [2.75, 3.05) is 0 Å². The Balaban J connectivity index is 2.03. The standard InChI is InChI=1S/C14H14ClN5O4/c1-8-5-9(2)19(18-8)7-13(21)16-17-14(22)11-6-10(15)3-4-12(11)20(23)24/h3-6H,7H2,1-2H3,(H,16,21)(H,17,22). The molecule has 0 unspecified atom stereocenters. The number of hydrogen-bond acceptors (Lipinski definition) is 5. The predicted octanol–water partition coefficient (Wildman–Crippen LogP) is 1.52. The van der Waals surface area contributed by atoms with Crippen LogP contribution in [-0.4, -0.2) is 26.5 Å². The monoisotopic (exact) mass is 351 g/mol. The average molecular weight is 352 g/mol. The van der Waals surface area contributed by atoms with E-state index in [0.717, 1.165) is 23.5 Å². The van der Waals surface area contributed by atoms with E-state index in [1.807, 2.05) is 0 Å². The number of aryl methyl sites for hydroxylation is 2. The molecule has 9 nitrogen and oxygen atoms in total. The molecule has 0 bridgehead atoms. The molecule has 0 radical (unpaired) electrons. The molecule has 2 rings (SSSR count). The number of aromatic nitrogens is 2. The van der Waals surface area contributed by atoms with Crippen LogP contribution in [0.2, 0.25) is 5.02 Å². The van der Waals surface area contributed by atoms with Gasteiger partial charge < -0.3 is 0 Å². The van der Waals surface area contributed by atoms with Gasteiger partial charge in [-0.1, -0.05) is 11.6 Å². The molecule has 1 aromatic carbocycles. The molecule has 24 heavy (non-hydrogen) atoms. The van der Waals surface area contributed by atoms with Gasteiger partial charge in [-0.05, 0) is 32.0 Å². The molecular formula is C14H14ClN5O4. The van der Waals surface area contributed by atoms with Crippen LogP contribution in [0.25, 0.3) is 0 Å². The second-order valence-electron chi connectivity index (χ2n) is 5.01. The fourth-order valence-corrected chi connectivity index (χ4v) is 2.23. The van der Waals surface area contributed by atoms with Crippen molar-refractivity contribution in [3.05, 3.63) is 56.4 Å². The Kier molecular flexibility index (Phi) is 5.14. The van der Waals surface area contributed by atoms with E-state index in [4.69, 9.17) is 11.6 Å². The number of nitrogens with zero attached hydrogens (tertiary/aromatic N) is 3. The summed E-state index contributed by atoms with van der Waals surface area (Å²) in [4.78, 5) is 34.1. The van der Waals surface area contributed by atoms with Crippen molar-refractivity contribution in [1.82, 2.24) is 20.6 Å². The van der Waals surface area contributed by atoms with Crippen LogP contribution in [0, 0.1) is 24.0 Å². The van der Waals surface area contributed by atoms with Crippen LogP contribution in [-0.2, 0) is 11.3 Å². The summed E-state index contributed by atoms with van der Waals surface area (Å²) in [5.41, 5.74) is 5.20. The largest absolute Gasteiger partial charge is 0.282 e. The lowest BCUT2D eigenvalue weighted by molar-refractivity contribution is -0.385. The molecule has 10 heteroatoms. The summed E-state index contributed by atoms with van der Waals surface area (Å²) in [5, 5.41) is 15.2. The normalized spacial score (nSPS) is 10.3. The lowest BCUT2D eigenvalue weighted by Crippen LogP contribution is -2.43. The highest BCUT2D eigenvalue weighted by Crippen LogP contribution is 2.22. The van der Waals surface area contributed by atoms with Crippen LogP contribution in [0.3, 0.4) is 0 Å². The van der Waals surface area contributed by atoms with Crippen LogP contribution >= 0.6 is 11.6 Å². The smallest absolute Gasteiger partial charge is 0.271 e. The van der Waals surface area contributed by atoms with E-state index < -0.39 is 22.4 Å². The molecule has 0 spiro atoms. The maximum Gasteiger partial charge on any atom is 0.282 e. The first-order valence-corrected chi connectivity index (χ1v) is 7.20. The highest BCUT2D eigenvalue weighted by Gasteiger charge is 2.21. The van der Waals surface area contributed by atoms with Gasteiger partial charge in [0.2, 0.25) is 0 Å².